The van der Waals surface area contributed by atoms with Crippen LogP contribution in [0, 0.1) is 0 Å². The minimum absolute atomic E-state index is 0.262. The Morgan fingerprint density at radius 3 is 3.08 bits per heavy atom. The largest absolute Gasteiger partial charge is 0.392 e. The van der Waals surface area contributed by atoms with Gasteiger partial charge in [-0.1, -0.05) is 6.07 Å². The molecule has 0 aliphatic rings. The minimum atomic E-state index is -0.262. The molecule has 12 heavy (non-hydrogen) atoms. The van der Waals surface area contributed by atoms with Gasteiger partial charge >= 0.3 is 0 Å². The Kier molecular flexibility index (Phi) is 4.68. The standard InChI is InChI=1S/C8H13NOS2/c9-4-3-7(10)6-12-8-2-1-5-11-8/h1-2,5,7,10H,3-4,6,9H2. The van der Waals surface area contributed by atoms with Crippen LogP contribution in [0.25, 0.3) is 0 Å². The van der Waals surface area contributed by atoms with Gasteiger partial charge in [-0.2, -0.15) is 0 Å². The molecule has 0 amide bonds. The van der Waals surface area contributed by atoms with Crippen LogP contribution < -0.4 is 5.73 Å². The number of aliphatic hydroxyl groups excluding tert-OH is 1. The highest BCUT2D eigenvalue weighted by Crippen LogP contribution is 2.24. The van der Waals surface area contributed by atoms with Gasteiger partial charge in [0.05, 0.1) is 10.3 Å². The Morgan fingerprint density at radius 2 is 2.50 bits per heavy atom. The molecule has 0 aromatic carbocycles. The summed E-state index contributed by atoms with van der Waals surface area (Å²) in [7, 11) is 0. The van der Waals surface area contributed by atoms with Gasteiger partial charge in [0.15, 0.2) is 0 Å². The molecule has 3 N–H and O–H groups in total. The third-order valence-corrected chi connectivity index (χ3v) is 3.69. The van der Waals surface area contributed by atoms with Crippen molar-refractivity contribution in [3.05, 3.63) is 17.5 Å². The molecule has 68 valence electrons. The van der Waals surface area contributed by atoms with Gasteiger partial charge in [-0.15, -0.1) is 23.1 Å². The van der Waals surface area contributed by atoms with Crippen LogP contribution in [-0.2, 0) is 0 Å². The van der Waals surface area contributed by atoms with Crippen LogP contribution >= 0.6 is 23.1 Å². The fourth-order valence-electron chi connectivity index (χ4n) is 0.800. The maximum absolute atomic E-state index is 9.35. The Morgan fingerprint density at radius 1 is 1.67 bits per heavy atom. The third kappa shape index (κ3) is 3.58. The van der Waals surface area contributed by atoms with Gasteiger partial charge in [0.1, 0.15) is 0 Å². The molecule has 0 radical (unpaired) electrons. The highest BCUT2D eigenvalue weighted by molar-refractivity contribution is 8.01. The highest BCUT2D eigenvalue weighted by Gasteiger charge is 2.03. The molecule has 1 aromatic rings. The number of rotatable bonds is 5. The first-order chi connectivity index (χ1) is 5.83. The van der Waals surface area contributed by atoms with Crippen LogP contribution in [0.3, 0.4) is 0 Å². The monoisotopic (exact) mass is 203 g/mol. The van der Waals surface area contributed by atoms with Gasteiger partial charge in [0, 0.05) is 5.75 Å². The molecule has 0 aliphatic heterocycles. The summed E-state index contributed by atoms with van der Waals surface area (Å²) in [4.78, 5) is 0. The number of aliphatic hydroxyl groups is 1. The first kappa shape index (κ1) is 10.1. The van der Waals surface area contributed by atoms with E-state index < -0.39 is 0 Å². The van der Waals surface area contributed by atoms with Crippen molar-refractivity contribution >= 4 is 23.1 Å². The van der Waals surface area contributed by atoms with Crippen LogP contribution in [0.2, 0.25) is 0 Å². The molecular formula is C8H13NOS2. The summed E-state index contributed by atoms with van der Waals surface area (Å²) >= 11 is 3.39. The topological polar surface area (TPSA) is 46.2 Å². The molecule has 2 nitrogen and oxygen atoms in total. The van der Waals surface area contributed by atoms with Crippen molar-refractivity contribution in [1.82, 2.24) is 0 Å². The summed E-state index contributed by atoms with van der Waals surface area (Å²) in [6, 6.07) is 4.08. The van der Waals surface area contributed by atoms with Gasteiger partial charge in [-0.3, -0.25) is 0 Å². The number of hydrogen-bond acceptors (Lipinski definition) is 4. The van der Waals surface area contributed by atoms with E-state index in [0.717, 1.165) is 5.75 Å². The molecule has 1 atom stereocenters. The lowest BCUT2D eigenvalue weighted by molar-refractivity contribution is 0.192. The molecule has 0 saturated carbocycles. The van der Waals surface area contributed by atoms with E-state index in [2.05, 4.69) is 6.07 Å². The molecule has 1 unspecified atom stereocenters. The zero-order valence-electron chi connectivity index (χ0n) is 6.77. The normalized spacial score (nSPS) is 13.2. The van der Waals surface area contributed by atoms with Crippen molar-refractivity contribution < 1.29 is 5.11 Å². The second-order valence-electron chi connectivity index (χ2n) is 2.47. The summed E-state index contributed by atoms with van der Waals surface area (Å²) in [5.41, 5.74) is 5.31. The van der Waals surface area contributed by atoms with E-state index in [-0.39, 0.29) is 6.10 Å². The number of nitrogens with two attached hydrogens (primary N) is 1. The number of thioether (sulfide) groups is 1. The van der Waals surface area contributed by atoms with Crippen molar-refractivity contribution in [2.75, 3.05) is 12.3 Å². The van der Waals surface area contributed by atoms with Gasteiger partial charge in [-0.25, -0.2) is 0 Å². The van der Waals surface area contributed by atoms with E-state index in [9.17, 15) is 5.11 Å². The molecular weight excluding hydrogens is 190 g/mol. The van der Waals surface area contributed by atoms with E-state index in [1.165, 1.54) is 4.21 Å². The zero-order valence-corrected chi connectivity index (χ0v) is 8.40. The van der Waals surface area contributed by atoms with Gasteiger partial charge in [-0.05, 0) is 24.4 Å². The van der Waals surface area contributed by atoms with Crippen LogP contribution in [0.15, 0.2) is 21.7 Å². The Labute approximate surface area is 80.8 Å². The summed E-state index contributed by atoms with van der Waals surface area (Å²) < 4.78 is 1.26. The van der Waals surface area contributed by atoms with Crippen LogP contribution in [0.1, 0.15) is 6.42 Å². The van der Waals surface area contributed by atoms with Crippen molar-refractivity contribution in [2.24, 2.45) is 5.73 Å². The summed E-state index contributed by atoms with van der Waals surface area (Å²) in [6.07, 6.45) is 0.431. The molecule has 1 aromatic heterocycles. The smallest absolute Gasteiger partial charge is 0.0646 e. The van der Waals surface area contributed by atoms with E-state index in [0.29, 0.717) is 13.0 Å². The van der Waals surface area contributed by atoms with Crippen molar-refractivity contribution in [1.29, 1.82) is 0 Å². The summed E-state index contributed by atoms with van der Waals surface area (Å²) in [5, 5.41) is 11.4. The Bertz CT molecular complexity index is 201. The summed E-state index contributed by atoms with van der Waals surface area (Å²) in [5.74, 6) is 0.748. The lowest BCUT2D eigenvalue weighted by Gasteiger charge is -2.06. The maximum Gasteiger partial charge on any atom is 0.0646 e. The molecule has 0 bridgehead atoms. The Hall–Kier alpha value is -0.0300. The lowest BCUT2D eigenvalue weighted by Crippen LogP contribution is -2.15. The first-order valence-corrected chi connectivity index (χ1v) is 5.74. The van der Waals surface area contributed by atoms with Crippen molar-refractivity contribution in [2.45, 2.75) is 16.7 Å². The molecule has 0 saturated heterocycles. The number of thiophene rings is 1. The quantitative estimate of drug-likeness (QED) is 0.714. The Balaban J connectivity index is 2.17. The average molecular weight is 203 g/mol. The van der Waals surface area contributed by atoms with E-state index in [1.807, 2.05) is 11.4 Å². The van der Waals surface area contributed by atoms with Crippen LogP contribution in [-0.4, -0.2) is 23.5 Å². The van der Waals surface area contributed by atoms with Crippen LogP contribution in [0.4, 0.5) is 0 Å². The van der Waals surface area contributed by atoms with E-state index in [1.54, 1.807) is 23.1 Å². The molecule has 1 rings (SSSR count). The van der Waals surface area contributed by atoms with Crippen LogP contribution in [0.5, 0.6) is 0 Å². The van der Waals surface area contributed by atoms with Gasteiger partial charge < -0.3 is 10.8 Å². The lowest BCUT2D eigenvalue weighted by atomic mass is 10.3. The minimum Gasteiger partial charge on any atom is -0.392 e. The molecule has 4 heteroatoms. The third-order valence-electron chi connectivity index (χ3n) is 1.41. The maximum atomic E-state index is 9.35. The fraction of sp³-hybridized carbons (Fsp3) is 0.500. The van der Waals surface area contributed by atoms with E-state index in [4.69, 9.17) is 5.73 Å². The summed E-state index contributed by atoms with van der Waals surface area (Å²) in [6.45, 7) is 0.562. The fourth-order valence-corrected chi connectivity index (χ4v) is 2.59. The molecule has 0 aliphatic carbocycles. The average Bonchev–Trinajstić information content (AvgIpc) is 2.53. The SMILES string of the molecule is NCCC(O)CSc1cccs1. The molecule has 1 heterocycles. The molecule has 0 spiro atoms. The second kappa shape index (κ2) is 5.59. The van der Waals surface area contributed by atoms with Crippen molar-refractivity contribution in [3.63, 3.8) is 0 Å². The molecule has 0 fully saturated rings. The predicted octanol–water partition coefficient (Wildman–Crippen LogP) is 1.55. The van der Waals surface area contributed by atoms with Gasteiger partial charge in [0.25, 0.3) is 0 Å². The number of hydrogen-bond donors (Lipinski definition) is 2. The second-order valence-corrected chi connectivity index (χ2v) is 4.74. The van der Waals surface area contributed by atoms with E-state index >= 15 is 0 Å². The van der Waals surface area contributed by atoms with Gasteiger partial charge in [0.2, 0.25) is 0 Å². The predicted molar refractivity (Wildman–Crippen MR) is 54.7 cm³/mol. The highest BCUT2D eigenvalue weighted by atomic mass is 32.2. The van der Waals surface area contributed by atoms with Crippen molar-refractivity contribution in [3.8, 4) is 0 Å². The zero-order chi connectivity index (χ0) is 8.81. The first-order valence-electron chi connectivity index (χ1n) is 3.87.